The van der Waals surface area contributed by atoms with E-state index in [4.69, 9.17) is 4.74 Å². The van der Waals surface area contributed by atoms with Gasteiger partial charge in [-0.15, -0.1) is 0 Å². The minimum atomic E-state index is -3.48. The fourth-order valence-corrected chi connectivity index (χ4v) is 4.72. The van der Waals surface area contributed by atoms with E-state index in [1.165, 1.54) is 0 Å². The Morgan fingerprint density at radius 2 is 1.90 bits per heavy atom. The summed E-state index contributed by atoms with van der Waals surface area (Å²) in [5.74, 6) is 0.734. The topological polar surface area (TPSA) is 58.6 Å². The highest BCUT2D eigenvalue weighted by atomic mass is 32.2. The molecule has 6 heteroatoms. The van der Waals surface area contributed by atoms with Gasteiger partial charge in [0.2, 0.25) is 10.0 Å². The second-order valence-electron chi connectivity index (χ2n) is 5.55. The molecule has 0 bridgehead atoms. The van der Waals surface area contributed by atoms with Gasteiger partial charge in [0.25, 0.3) is 0 Å². The lowest BCUT2D eigenvalue weighted by Gasteiger charge is -2.38. The van der Waals surface area contributed by atoms with Crippen molar-refractivity contribution in [1.82, 2.24) is 9.62 Å². The van der Waals surface area contributed by atoms with E-state index >= 15 is 0 Å². The van der Waals surface area contributed by atoms with E-state index in [2.05, 4.69) is 5.32 Å². The predicted molar refractivity (Wildman–Crippen MR) is 83.2 cm³/mol. The van der Waals surface area contributed by atoms with Gasteiger partial charge in [0.15, 0.2) is 0 Å². The Hall–Kier alpha value is -1.11. The van der Waals surface area contributed by atoms with Crippen molar-refractivity contribution in [3.63, 3.8) is 0 Å². The Bertz CT molecular complexity index is 591. The second kappa shape index (κ2) is 6.34. The van der Waals surface area contributed by atoms with Gasteiger partial charge in [0, 0.05) is 25.2 Å². The number of benzene rings is 1. The predicted octanol–water partition coefficient (Wildman–Crippen LogP) is 1.76. The third-order valence-corrected chi connectivity index (χ3v) is 5.89. The largest absolute Gasteiger partial charge is 0.494 e. The molecule has 1 N–H and O–H groups in total. The van der Waals surface area contributed by atoms with Crippen molar-refractivity contribution in [2.75, 3.05) is 19.7 Å². The van der Waals surface area contributed by atoms with Crippen LogP contribution in [0.4, 0.5) is 0 Å². The maximum atomic E-state index is 12.9. The van der Waals surface area contributed by atoms with Gasteiger partial charge in [0.05, 0.1) is 11.5 Å². The number of hydrogen-bond acceptors (Lipinski definition) is 4. The zero-order chi connectivity index (χ0) is 15.6. The molecule has 21 heavy (non-hydrogen) atoms. The lowest BCUT2D eigenvalue weighted by Crippen LogP contribution is -2.57. The lowest BCUT2D eigenvalue weighted by atomic mass is 10.2. The molecule has 0 aromatic heterocycles. The first-order valence-corrected chi connectivity index (χ1v) is 8.79. The molecule has 1 aromatic rings. The van der Waals surface area contributed by atoms with Crippen LogP contribution in [0.3, 0.4) is 0 Å². The fraction of sp³-hybridized carbons (Fsp3) is 0.600. The summed E-state index contributed by atoms with van der Waals surface area (Å²) >= 11 is 0. The van der Waals surface area contributed by atoms with Gasteiger partial charge in [-0.05, 0) is 51.5 Å². The number of rotatable bonds is 4. The van der Waals surface area contributed by atoms with Crippen LogP contribution in [-0.2, 0) is 10.0 Å². The molecule has 2 atom stereocenters. The van der Waals surface area contributed by atoms with Crippen LogP contribution in [0.25, 0.3) is 0 Å². The molecule has 2 unspecified atom stereocenters. The first kappa shape index (κ1) is 16.3. The highest BCUT2D eigenvalue weighted by molar-refractivity contribution is 7.89. The van der Waals surface area contributed by atoms with Crippen molar-refractivity contribution >= 4 is 10.0 Å². The third-order valence-electron chi connectivity index (χ3n) is 3.77. The van der Waals surface area contributed by atoms with E-state index in [9.17, 15) is 8.42 Å². The molecule has 1 saturated heterocycles. The number of hydrogen-bond donors (Lipinski definition) is 1. The van der Waals surface area contributed by atoms with Crippen LogP contribution in [0, 0.1) is 6.92 Å². The number of piperazine rings is 1. The molecule has 1 aliphatic rings. The highest BCUT2D eigenvalue weighted by Crippen LogP contribution is 2.27. The molecule has 1 aromatic carbocycles. The Labute approximate surface area is 127 Å². The van der Waals surface area contributed by atoms with E-state index < -0.39 is 10.0 Å². The van der Waals surface area contributed by atoms with Gasteiger partial charge in [0.1, 0.15) is 5.75 Å². The SMILES string of the molecule is CCOc1ccc(S(=O)(=O)N2C(C)CNCC2C)cc1C. The van der Waals surface area contributed by atoms with Gasteiger partial charge in [-0.25, -0.2) is 8.42 Å². The summed E-state index contributed by atoms with van der Waals surface area (Å²) in [5.41, 5.74) is 0.841. The van der Waals surface area contributed by atoms with Crippen LogP contribution < -0.4 is 10.1 Å². The summed E-state index contributed by atoms with van der Waals surface area (Å²) in [4.78, 5) is 0.337. The second-order valence-corrected chi connectivity index (χ2v) is 7.39. The van der Waals surface area contributed by atoms with Crippen LogP contribution in [-0.4, -0.2) is 44.5 Å². The summed E-state index contributed by atoms with van der Waals surface area (Å²) in [7, 11) is -3.48. The monoisotopic (exact) mass is 312 g/mol. The smallest absolute Gasteiger partial charge is 0.243 e. The Kier molecular flexibility index (Phi) is 4.91. The molecule has 0 saturated carbocycles. The molecule has 118 valence electrons. The Morgan fingerprint density at radius 3 is 2.43 bits per heavy atom. The quantitative estimate of drug-likeness (QED) is 0.920. The summed E-state index contributed by atoms with van der Waals surface area (Å²) in [6, 6.07) is 4.97. The number of nitrogens with zero attached hydrogens (tertiary/aromatic N) is 1. The lowest BCUT2D eigenvalue weighted by molar-refractivity contribution is 0.220. The fourth-order valence-electron chi connectivity index (χ4n) is 2.81. The molecule has 1 fully saturated rings. The standard InChI is InChI=1S/C15H24N2O3S/c1-5-20-15-7-6-14(8-11(15)2)21(18,19)17-12(3)9-16-10-13(17)4/h6-8,12-13,16H,5,9-10H2,1-4H3. The number of nitrogens with one attached hydrogen (secondary N) is 1. The first-order valence-electron chi connectivity index (χ1n) is 7.35. The molecule has 1 aliphatic heterocycles. The van der Waals surface area contributed by atoms with E-state index in [-0.39, 0.29) is 12.1 Å². The minimum absolute atomic E-state index is 0.0503. The number of aryl methyl sites for hydroxylation is 1. The van der Waals surface area contributed by atoms with Crippen LogP contribution >= 0.6 is 0 Å². The average Bonchev–Trinajstić information content (AvgIpc) is 2.40. The van der Waals surface area contributed by atoms with E-state index in [1.807, 2.05) is 27.7 Å². The minimum Gasteiger partial charge on any atom is -0.494 e. The average molecular weight is 312 g/mol. The van der Waals surface area contributed by atoms with E-state index in [0.717, 1.165) is 11.3 Å². The zero-order valence-corrected chi connectivity index (χ0v) is 13.9. The maximum Gasteiger partial charge on any atom is 0.243 e. The molecular formula is C15H24N2O3S. The van der Waals surface area contributed by atoms with Crippen molar-refractivity contribution in [2.45, 2.75) is 44.7 Å². The molecular weight excluding hydrogens is 288 g/mol. The maximum absolute atomic E-state index is 12.9. The van der Waals surface area contributed by atoms with Gasteiger partial charge in [-0.1, -0.05) is 0 Å². The van der Waals surface area contributed by atoms with Crippen molar-refractivity contribution in [3.8, 4) is 5.75 Å². The first-order chi connectivity index (χ1) is 9.87. The van der Waals surface area contributed by atoms with Crippen LogP contribution in [0.15, 0.2) is 23.1 Å². The zero-order valence-electron chi connectivity index (χ0n) is 13.1. The Morgan fingerprint density at radius 1 is 1.29 bits per heavy atom. The molecule has 0 radical (unpaired) electrons. The highest BCUT2D eigenvalue weighted by Gasteiger charge is 2.35. The third kappa shape index (κ3) is 3.22. The molecule has 2 rings (SSSR count). The van der Waals surface area contributed by atoms with Gasteiger partial charge in [-0.2, -0.15) is 4.31 Å². The Balaban J connectivity index is 2.37. The van der Waals surface area contributed by atoms with E-state index in [0.29, 0.717) is 24.6 Å². The molecule has 0 aliphatic carbocycles. The van der Waals surface area contributed by atoms with Crippen LogP contribution in [0.5, 0.6) is 5.75 Å². The van der Waals surface area contributed by atoms with Crippen molar-refractivity contribution in [3.05, 3.63) is 23.8 Å². The van der Waals surface area contributed by atoms with Crippen molar-refractivity contribution in [1.29, 1.82) is 0 Å². The van der Waals surface area contributed by atoms with Gasteiger partial charge < -0.3 is 10.1 Å². The molecule has 1 heterocycles. The van der Waals surface area contributed by atoms with Gasteiger partial charge in [-0.3, -0.25) is 0 Å². The van der Waals surface area contributed by atoms with Crippen molar-refractivity contribution < 1.29 is 13.2 Å². The summed E-state index contributed by atoms with van der Waals surface area (Å²) in [5, 5.41) is 3.25. The number of ether oxygens (including phenoxy) is 1. The van der Waals surface area contributed by atoms with Crippen molar-refractivity contribution in [2.24, 2.45) is 0 Å². The van der Waals surface area contributed by atoms with E-state index in [1.54, 1.807) is 22.5 Å². The summed E-state index contributed by atoms with van der Waals surface area (Å²) in [6.07, 6.45) is 0. The van der Waals surface area contributed by atoms with Crippen LogP contribution in [0.2, 0.25) is 0 Å². The molecule has 5 nitrogen and oxygen atoms in total. The van der Waals surface area contributed by atoms with Gasteiger partial charge >= 0.3 is 0 Å². The molecule has 0 amide bonds. The normalized spacial score (nSPS) is 24.0. The molecule has 0 spiro atoms. The summed E-state index contributed by atoms with van der Waals surface area (Å²) in [6.45, 7) is 9.57. The van der Waals surface area contributed by atoms with Crippen LogP contribution in [0.1, 0.15) is 26.3 Å². The summed E-state index contributed by atoms with van der Waals surface area (Å²) < 4.78 is 32.9. The number of sulfonamides is 1.